The number of aromatic nitrogens is 1. The second-order valence-electron chi connectivity index (χ2n) is 4.42. The molecule has 6 heteroatoms. The van der Waals surface area contributed by atoms with Gasteiger partial charge in [0.2, 0.25) is 0 Å². The molecule has 0 N–H and O–H groups in total. The van der Waals surface area contributed by atoms with E-state index >= 15 is 0 Å². The van der Waals surface area contributed by atoms with Crippen molar-refractivity contribution in [3.8, 4) is 0 Å². The van der Waals surface area contributed by atoms with E-state index in [1.807, 2.05) is 31.3 Å². The number of halogens is 2. The van der Waals surface area contributed by atoms with E-state index in [2.05, 4.69) is 4.99 Å². The van der Waals surface area contributed by atoms with Gasteiger partial charge in [-0.25, -0.2) is 4.39 Å². The number of amides is 1. The van der Waals surface area contributed by atoms with Crippen molar-refractivity contribution in [3.05, 3.63) is 63.7 Å². The first-order valence-electron chi connectivity index (χ1n) is 6.15. The van der Waals surface area contributed by atoms with E-state index in [4.69, 9.17) is 11.6 Å². The van der Waals surface area contributed by atoms with E-state index in [1.54, 1.807) is 4.57 Å². The summed E-state index contributed by atoms with van der Waals surface area (Å²) >= 11 is 7.25. The Hall–Kier alpha value is -1.98. The molecule has 21 heavy (non-hydrogen) atoms. The summed E-state index contributed by atoms with van der Waals surface area (Å²) in [5.41, 5.74) is 0.769. The average Bonchev–Trinajstić information content (AvgIpc) is 2.76. The lowest BCUT2D eigenvalue weighted by Gasteiger charge is -2.00. The number of hydrogen-bond donors (Lipinski definition) is 0. The van der Waals surface area contributed by atoms with Gasteiger partial charge in [0.25, 0.3) is 5.91 Å². The maximum absolute atomic E-state index is 13.7. The maximum Gasteiger partial charge on any atom is 0.284 e. The number of thiazole rings is 1. The first kappa shape index (κ1) is 14.0. The van der Waals surface area contributed by atoms with Crippen LogP contribution in [0, 0.1) is 5.82 Å². The van der Waals surface area contributed by atoms with Crippen LogP contribution in [-0.4, -0.2) is 10.5 Å². The smallest absolute Gasteiger partial charge is 0.284 e. The number of benzene rings is 2. The molecule has 1 aromatic heterocycles. The first-order chi connectivity index (χ1) is 10.1. The Kier molecular flexibility index (Phi) is 3.61. The molecule has 2 aromatic carbocycles. The van der Waals surface area contributed by atoms with Gasteiger partial charge in [-0.1, -0.05) is 41.1 Å². The molecule has 0 aliphatic heterocycles. The van der Waals surface area contributed by atoms with Crippen LogP contribution in [0.25, 0.3) is 10.2 Å². The van der Waals surface area contributed by atoms with Gasteiger partial charge in [-0.2, -0.15) is 4.99 Å². The lowest BCUT2D eigenvalue weighted by molar-refractivity contribution is 0.0994. The number of fused-ring (bicyclic) bond motifs is 1. The summed E-state index contributed by atoms with van der Waals surface area (Å²) in [6, 6.07) is 11.8. The van der Waals surface area contributed by atoms with Gasteiger partial charge in [0.1, 0.15) is 5.82 Å². The summed E-state index contributed by atoms with van der Waals surface area (Å²) in [7, 11) is 1.81. The molecule has 3 nitrogen and oxygen atoms in total. The molecule has 0 bridgehead atoms. The van der Waals surface area contributed by atoms with Crippen LogP contribution >= 0.6 is 22.9 Å². The molecule has 3 rings (SSSR count). The minimum Gasteiger partial charge on any atom is -0.319 e. The molecule has 0 saturated heterocycles. The highest BCUT2D eigenvalue weighted by molar-refractivity contribution is 7.16. The lowest BCUT2D eigenvalue weighted by atomic mass is 10.2. The van der Waals surface area contributed by atoms with Crippen LogP contribution in [0.2, 0.25) is 5.02 Å². The van der Waals surface area contributed by atoms with Gasteiger partial charge in [0.05, 0.1) is 20.8 Å². The predicted octanol–water partition coefficient (Wildman–Crippen LogP) is 3.77. The molecule has 0 saturated carbocycles. The third kappa shape index (κ3) is 2.50. The van der Waals surface area contributed by atoms with Crippen molar-refractivity contribution in [1.82, 2.24) is 4.57 Å². The van der Waals surface area contributed by atoms with Gasteiger partial charge in [0.15, 0.2) is 4.80 Å². The third-order valence-electron chi connectivity index (χ3n) is 3.09. The fraction of sp³-hybridized carbons (Fsp3) is 0.0667. The van der Waals surface area contributed by atoms with Gasteiger partial charge < -0.3 is 4.57 Å². The Morgan fingerprint density at radius 2 is 2.00 bits per heavy atom. The molecular weight excluding hydrogens is 311 g/mol. The molecule has 0 unspecified atom stereocenters. The van der Waals surface area contributed by atoms with Gasteiger partial charge in [-0.3, -0.25) is 4.79 Å². The number of nitrogens with zero attached hydrogens (tertiary/aromatic N) is 2. The van der Waals surface area contributed by atoms with E-state index < -0.39 is 11.7 Å². The Labute approximate surface area is 128 Å². The fourth-order valence-electron chi connectivity index (χ4n) is 2.03. The standard InChI is InChI=1S/C15H10ClFN2OS/c1-19-11-7-2-3-8-12(11)21-15(19)18-14(20)13-9(16)5-4-6-10(13)17/h2-8H,1H3. The molecule has 106 valence electrons. The van der Waals surface area contributed by atoms with Crippen LogP contribution in [0.1, 0.15) is 10.4 Å². The molecule has 0 atom stereocenters. The van der Waals surface area contributed by atoms with Crippen molar-refractivity contribution in [2.45, 2.75) is 0 Å². The van der Waals surface area contributed by atoms with E-state index in [9.17, 15) is 9.18 Å². The van der Waals surface area contributed by atoms with Crippen molar-refractivity contribution in [2.24, 2.45) is 12.0 Å². The zero-order chi connectivity index (χ0) is 15.0. The van der Waals surface area contributed by atoms with E-state index in [-0.39, 0.29) is 10.6 Å². The quantitative estimate of drug-likeness (QED) is 0.672. The zero-order valence-electron chi connectivity index (χ0n) is 11.0. The Balaban J connectivity index is 2.16. The summed E-state index contributed by atoms with van der Waals surface area (Å²) < 4.78 is 16.5. The summed E-state index contributed by atoms with van der Waals surface area (Å²) in [6.07, 6.45) is 0. The number of hydrogen-bond acceptors (Lipinski definition) is 2. The van der Waals surface area contributed by atoms with E-state index in [1.165, 1.54) is 29.5 Å². The normalized spacial score (nSPS) is 12.0. The lowest BCUT2D eigenvalue weighted by Crippen LogP contribution is -2.14. The summed E-state index contributed by atoms with van der Waals surface area (Å²) in [5, 5.41) is 0.0625. The number of aryl methyl sites for hydroxylation is 1. The van der Waals surface area contributed by atoms with Crippen molar-refractivity contribution in [1.29, 1.82) is 0 Å². The fourth-order valence-corrected chi connectivity index (χ4v) is 3.29. The van der Waals surface area contributed by atoms with Crippen molar-refractivity contribution >= 4 is 39.1 Å². The Bertz CT molecular complexity index is 893. The van der Waals surface area contributed by atoms with Crippen LogP contribution in [0.4, 0.5) is 4.39 Å². The zero-order valence-corrected chi connectivity index (χ0v) is 12.6. The molecule has 0 radical (unpaired) electrons. The first-order valence-corrected chi connectivity index (χ1v) is 7.35. The number of carbonyl (C=O) groups excluding carboxylic acids is 1. The highest BCUT2D eigenvalue weighted by Gasteiger charge is 2.15. The van der Waals surface area contributed by atoms with Crippen molar-refractivity contribution in [2.75, 3.05) is 0 Å². The van der Waals surface area contributed by atoms with Crippen LogP contribution in [-0.2, 0) is 7.05 Å². The summed E-state index contributed by atoms with van der Waals surface area (Å²) in [4.78, 5) is 16.7. The second kappa shape index (κ2) is 5.42. The van der Waals surface area contributed by atoms with Gasteiger partial charge in [-0.15, -0.1) is 0 Å². The molecule has 0 spiro atoms. The average molecular weight is 321 g/mol. The van der Waals surface area contributed by atoms with Crippen LogP contribution < -0.4 is 4.80 Å². The van der Waals surface area contributed by atoms with Crippen LogP contribution in [0.5, 0.6) is 0 Å². The van der Waals surface area contributed by atoms with E-state index in [0.717, 1.165) is 10.2 Å². The second-order valence-corrected chi connectivity index (χ2v) is 5.84. The highest BCUT2D eigenvalue weighted by atomic mass is 35.5. The minimum absolute atomic E-state index is 0.0625. The predicted molar refractivity (Wildman–Crippen MR) is 82.1 cm³/mol. The topological polar surface area (TPSA) is 34.4 Å². The van der Waals surface area contributed by atoms with Gasteiger partial charge >= 0.3 is 0 Å². The number of rotatable bonds is 1. The number of carbonyl (C=O) groups is 1. The monoisotopic (exact) mass is 320 g/mol. The van der Waals surface area contributed by atoms with Gasteiger partial charge in [-0.05, 0) is 24.3 Å². The van der Waals surface area contributed by atoms with Crippen molar-refractivity contribution < 1.29 is 9.18 Å². The maximum atomic E-state index is 13.7. The van der Waals surface area contributed by atoms with Crippen molar-refractivity contribution in [3.63, 3.8) is 0 Å². The van der Waals surface area contributed by atoms with Crippen LogP contribution in [0.15, 0.2) is 47.5 Å². The summed E-state index contributed by atoms with van der Waals surface area (Å²) in [5.74, 6) is -1.35. The molecule has 1 heterocycles. The van der Waals surface area contributed by atoms with Crippen LogP contribution in [0.3, 0.4) is 0 Å². The SMILES string of the molecule is Cn1c(=NC(=O)c2c(F)cccc2Cl)sc2ccccc21. The summed E-state index contributed by atoms with van der Waals surface area (Å²) in [6.45, 7) is 0. The molecule has 0 aliphatic rings. The molecule has 3 aromatic rings. The van der Waals surface area contributed by atoms with Gasteiger partial charge in [0, 0.05) is 7.05 Å². The molecular formula is C15H10ClFN2OS. The minimum atomic E-state index is -0.680. The third-order valence-corrected chi connectivity index (χ3v) is 4.52. The number of para-hydroxylation sites is 1. The highest BCUT2D eigenvalue weighted by Crippen LogP contribution is 2.20. The molecule has 0 fully saturated rings. The Morgan fingerprint density at radius 1 is 1.24 bits per heavy atom. The molecule has 0 aliphatic carbocycles. The molecule has 1 amide bonds. The van der Waals surface area contributed by atoms with E-state index in [0.29, 0.717) is 4.80 Å². The Morgan fingerprint density at radius 3 is 2.71 bits per heavy atom. The largest absolute Gasteiger partial charge is 0.319 e.